The second-order valence-electron chi connectivity index (χ2n) is 7.35. The van der Waals surface area contributed by atoms with Crippen molar-refractivity contribution in [1.29, 1.82) is 0 Å². The molecule has 0 saturated carbocycles. The van der Waals surface area contributed by atoms with E-state index in [4.69, 9.17) is 0 Å². The lowest BCUT2D eigenvalue weighted by molar-refractivity contribution is -0.145. The SMILES string of the molecule is CN1C(=O)CC(C(=O)O)C12CCN(C(=O)c1ccc3ncccc3c1)CC2. The predicted octanol–water partition coefficient (Wildman–Crippen LogP) is 1.77. The summed E-state index contributed by atoms with van der Waals surface area (Å²) < 4.78 is 0. The summed E-state index contributed by atoms with van der Waals surface area (Å²) in [6.07, 6.45) is 2.71. The van der Waals surface area contributed by atoms with E-state index in [-0.39, 0.29) is 18.2 Å². The number of rotatable bonds is 2. The van der Waals surface area contributed by atoms with Crippen LogP contribution in [0.15, 0.2) is 36.5 Å². The van der Waals surface area contributed by atoms with Crippen molar-refractivity contribution in [3.05, 3.63) is 42.1 Å². The summed E-state index contributed by atoms with van der Waals surface area (Å²) in [4.78, 5) is 44.3. The molecule has 1 spiro atoms. The van der Waals surface area contributed by atoms with Gasteiger partial charge in [-0.25, -0.2) is 0 Å². The Morgan fingerprint density at radius 1 is 1.22 bits per heavy atom. The molecule has 2 aliphatic rings. The first-order chi connectivity index (χ1) is 12.9. The van der Waals surface area contributed by atoms with Gasteiger partial charge in [0.2, 0.25) is 5.91 Å². The van der Waals surface area contributed by atoms with Crippen molar-refractivity contribution in [3.63, 3.8) is 0 Å². The standard InChI is InChI=1S/C20H21N3O4/c1-22-17(24)12-15(19(26)27)20(22)6-9-23(10-7-20)18(25)14-4-5-16-13(11-14)3-2-8-21-16/h2-5,8,11,15H,6-7,9-10,12H2,1H3,(H,26,27). The molecular formula is C20H21N3O4. The molecule has 2 amide bonds. The van der Waals surface area contributed by atoms with Crippen LogP contribution >= 0.6 is 0 Å². The van der Waals surface area contributed by atoms with E-state index >= 15 is 0 Å². The molecule has 2 aliphatic heterocycles. The van der Waals surface area contributed by atoms with Crippen molar-refractivity contribution in [2.75, 3.05) is 20.1 Å². The third kappa shape index (κ3) is 2.74. The highest BCUT2D eigenvalue weighted by atomic mass is 16.4. The van der Waals surface area contributed by atoms with E-state index < -0.39 is 17.4 Å². The average Bonchev–Trinajstić information content (AvgIpc) is 2.93. The van der Waals surface area contributed by atoms with Crippen LogP contribution in [0.5, 0.6) is 0 Å². The zero-order chi connectivity index (χ0) is 19.2. The van der Waals surface area contributed by atoms with E-state index in [0.717, 1.165) is 10.9 Å². The summed E-state index contributed by atoms with van der Waals surface area (Å²) in [5.74, 6) is -1.85. The fourth-order valence-corrected chi connectivity index (χ4v) is 4.47. The van der Waals surface area contributed by atoms with Crippen LogP contribution in [0.1, 0.15) is 29.6 Å². The lowest BCUT2D eigenvalue weighted by atomic mass is 9.77. The summed E-state index contributed by atoms with van der Waals surface area (Å²) in [6.45, 7) is 0.872. The number of hydrogen-bond acceptors (Lipinski definition) is 4. The Morgan fingerprint density at radius 3 is 2.67 bits per heavy atom. The summed E-state index contributed by atoms with van der Waals surface area (Å²) in [5, 5.41) is 10.5. The van der Waals surface area contributed by atoms with Crippen LogP contribution in [0.2, 0.25) is 0 Å². The number of hydrogen-bond donors (Lipinski definition) is 1. The molecule has 0 bridgehead atoms. The number of likely N-dealkylation sites (tertiary alicyclic amines) is 2. The Balaban J connectivity index is 1.53. The number of carboxylic acid groups (broad SMARTS) is 1. The largest absolute Gasteiger partial charge is 0.481 e. The second-order valence-corrected chi connectivity index (χ2v) is 7.35. The van der Waals surface area contributed by atoms with Crippen LogP contribution < -0.4 is 0 Å². The van der Waals surface area contributed by atoms with Gasteiger partial charge in [0.15, 0.2) is 0 Å². The molecule has 2 aromatic rings. The molecule has 2 fully saturated rings. The van der Waals surface area contributed by atoms with E-state index in [1.54, 1.807) is 29.1 Å². The fraction of sp³-hybridized carbons (Fsp3) is 0.400. The van der Waals surface area contributed by atoms with Crippen molar-refractivity contribution in [1.82, 2.24) is 14.8 Å². The molecule has 7 nitrogen and oxygen atoms in total. The van der Waals surface area contributed by atoms with Crippen LogP contribution in [-0.4, -0.2) is 63.4 Å². The minimum atomic E-state index is -0.936. The minimum Gasteiger partial charge on any atom is -0.481 e. The van der Waals surface area contributed by atoms with Crippen molar-refractivity contribution < 1.29 is 19.5 Å². The van der Waals surface area contributed by atoms with Gasteiger partial charge in [-0.05, 0) is 37.1 Å². The summed E-state index contributed by atoms with van der Waals surface area (Å²) >= 11 is 0. The number of nitrogens with zero attached hydrogens (tertiary/aromatic N) is 3. The van der Waals surface area contributed by atoms with Crippen molar-refractivity contribution in [2.45, 2.75) is 24.8 Å². The average molecular weight is 367 g/mol. The molecule has 4 rings (SSSR count). The number of benzene rings is 1. The lowest BCUT2D eigenvalue weighted by Crippen LogP contribution is -2.56. The van der Waals surface area contributed by atoms with E-state index in [1.165, 1.54) is 0 Å². The number of carbonyl (C=O) groups is 3. The second kappa shape index (κ2) is 6.33. The predicted molar refractivity (Wildman–Crippen MR) is 98.1 cm³/mol. The smallest absolute Gasteiger partial charge is 0.309 e. The number of piperidine rings is 1. The van der Waals surface area contributed by atoms with Crippen LogP contribution in [0.3, 0.4) is 0 Å². The molecule has 27 heavy (non-hydrogen) atoms. The number of pyridine rings is 1. The number of aliphatic carboxylic acids is 1. The van der Waals surface area contributed by atoms with Gasteiger partial charge in [0.25, 0.3) is 5.91 Å². The highest BCUT2D eigenvalue weighted by Crippen LogP contribution is 2.43. The van der Waals surface area contributed by atoms with Gasteiger partial charge in [-0.1, -0.05) is 6.07 Å². The van der Waals surface area contributed by atoms with Gasteiger partial charge in [0, 0.05) is 43.7 Å². The molecule has 1 atom stereocenters. The molecule has 1 N–H and O–H groups in total. The van der Waals surface area contributed by atoms with Crippen LogP contribution in [0, 0.1) is 5.92 Å². The first kappa shape index (κ1) is 17.5. The Hall–Kier alpha value is -2.96. The van der Waals surface area contributed by atoms with Crippen LogP contribution in [0.25, 0.3) is 10.9 Å². The molecule has 1 unspecified atom stereocenters. The Kier molecular flexibility index (Phi) is 4.09. The molecule has 2 saturated heterocycles. The number of carbonyl (C=O) groups excluding carboxylic acids is 2. The molecule has 1 aromatic carbocycles. The van der Waals surface area contributed by atoms with Crippen molar-refractivity contribution in [3.8, 4) is 0 Å². The fourth-order valence-electron chi connectivity index (χ4n) is 4.47. The third-order valence-corrected chi connectivity index (χ3v) is 6.13. The quantitative estimate of drug-likeness (QED) is 0.874. The van der Waals surface area contributed by atoms with E-state index in [9.17, 15) is 19.5 Å². The molecule has 3 heterocycles. The summed E-state index contributed by atoms with van der Waals surface area (Å²) in [7, 11) is 1.68. The molecule has 7 heteroatoms. The zero-order valence-electron chi connectivity index (χ0n) is 15.1. The number of amides is 2. The maximum Gasteiger partial charge on any atom is 0.309 e. The van der Waals surface area contributed by atoms with E-state index in [2.05, 4.69) is 4.98 Å². The molecule has 0 radical (unpaired) electrons. The lowest BCUT2D eigenvalue weighted by Gasteiger charge is -2.45. The van der Waals surface area contributed by atoms with Gasteiger partial charge in [0.05, 0.1) is 17.0 Å². The topological polar surface area (TPSA) is 90.8 Å². The Bertz CT molecular complexity index is 934. The first-order valence-electron chi connectivity index (χ1n) is 9.06. The van der Waals surface area contributed by atoms with Gasteiger partial charge in [-0.15, -0.1) is 0 Å². The van der Waals surface area contributed by atoms with Gasteiger partial charge in [-0.2, -0.15) is 0 Å². The summed E-state index contributed by atoms with van der Waals surface area (Å²) in [6, 6.07) is 9.19. The molecule has 1 aromatic heterocycles. The highest BCUT2D eigenvalue weighted by molar-refractivity contribution is 5.98. The van der Waals surface area contributed by atoms with Crippen molar-refractivity contribution in [2.24, 2.45) is 5.92 Å². The van der Waals surface area contributed by atoms with Gasteiger partial charge in [-0.3, -0.25) is 19.4 Å². The van der Waals surface area contributed by atoms with E-state index in [0.29, 0.717) is 31.5 Å². The minimum absolute atomic E-state index is 0.0391. The maximum absolute atomic E-state index is 12.9. The van der Waals surface area contributed by atoms with Crippen LogP contribution in [0.4, 0.5) is 0 Å². The number of aromatic nitrogens is 1. The van der Waals surface area contributed by atoms with Gasteiger partial charge < -0.3 is 14.9 Å². The molecule has 140 valence electrons. The normalized spacial score (nSPS) is 21.8. The monoisotopic (exact) mass is 367 g/mol. The highest BCUT2D eigenvalue weighted by Gasteiger charge is 2.55. The van der Waals surface area contributed by atoms with Crippen molar-refractivity contribution >= 4 is 28.7 Å². The van der Waals surface area contributed by atoms with Crippen LogP contribution in [-0.2, 0) is 9.59 Å². The Labute approximate surface area is 156 Å². The third-order valence-electron chi connectivity index (χ3n) is 6.13. The number of fused-ring (bicyclic) bond motifs is 1. The summed E-state index contributed by atoms with van der Waals surface area (Å²) in [5.41, 5.74) is 0.742. The zero-order valence-corrected chi connectivity index (χ0v) is 15.1. The number of carboxylic acids is 1. The molecule has 0 aliphatic carbocycles. The van der Waals surface area contributed by atoms with E-state index in [1.807, 2.05) is 24.3 Å². The van der Waals surface area contributed by atoms with Gasteiger partial charge in [0.1, 0.15) is 0 Å². The molecular weight excluding hydrogens is 346 g/mol. The first-order valence-corrected chi connectivity index (χ1v) is 9.06. The van der Waals surface area contributed by atoms with Gasteiger partial charge >= 0.3 is 5.97 Å². The Morgan fingerprint density at radius 2 is 1.96 bits per heavy atom. The maximum atomic E-state index is 12.9.